The molecule has 1 aromatic carbocycles. The fourth-order valence-corrected chi connectivity index (χ4v) is 2.29. The Bertz CT molecular complexity index is 506. The van der Waals surface area contributed by atoms with E-state index in [9.17, 15) is 0 Å². The van der Waals surface area contributed by atoms with Crippen LogP contribution in [-0.4, -0.2) is 21.7 Å². The number of aromatic nitrogens is 2. The van der Waals surface area contributed by atoms with Crippen LogP contribution in [0.2, 0.25) is 0 Å². The first-order chi connectivity index (χ1) is 8.11. The zero-order valence-corrected chi connectivity index (χ0v) is 10.5. The molecule has 0 unspecified atom stereocenters. The highest BCUT2D eigenvalue weighted by Gasteiger charge is 2.09. The van der Waals surface area contributed by atoms with E-state index >= 15 is 0 Å². The van der Waals surface area contributed by atoms with Crippen LogP contribution in [-0.2, 0) is 6.42 Å². The quantitative estimate of drug-likeness (QED) is 0.851. The van der Waals surface area contributed by atoms with Crippen LogP contribution < -0.4 is 0 Å². The lowest BCUT2D eigenvalue weighted by molar-refractivity contribution is 0.298. The lowest BCUT2D eigenvalue weighted by atomic mass is 9.99. The van der Waals surface area contributed by atoms with Crippen molar-refractivity contribution in [3.8, 4) is 11.4 Å². The fraction of sp³-hybridized carbons (Fsp3) is 0.357. The predicted octanol–water partition coefficient (Wildman–Crippen LogP) is 2.54. The number of aromatic amines is 1. The smallest absolute Gasteiger partial charge is 0.138 e. The lowest BCUT2D eigenvalue weighted by Crippen LogP contribution is -1.93. The van der Waals surface area contributed by atoms with Crippen LogP contribution in [0, 0.1) is 20.8 Å². The average molecular weight is 230 g/mol. The van der Waals surface area contributed by atoms with E-state index in [0.717, 1.165) is 11.5 Å². The van der Waals surface area contributed by atoms with Gasteiger partial charge in [-0.25, -0.2) is 4.98 Å². The molecule has 1 heterocycles. The highest BCUT2D eigenvalue weighted by Crippen LogP contribution is 2.25. The summed E-state index contributed by atoms with van der Waals surface area (Å²) in [4.78, 5) is 7.65. The summed E-state index contributed by atoms with van der Waals surface area (Å²) in [5.74, 6) is 0.892. The molecule has 1 aromatic heterocycles. The SMILES string of the molecule is Cc1cc(C)c(-c2ncc(CCO)[nH]2)c(C)c1. The van der Waals surface area contributed by atoms with Gasteiger partial charge in [-0.15, -0.1) is 0 Å². The second kappa shape index (κ2) is 4.72. The lowest BCUT2D eigenvalue weighted by Gasteiger charge is -2.08. The van der Waals surface area contributed by atoms with Crippen molar-refractivity contribution in [2.24, 2.45) is 0 Å². The number of benzene rings is 1. The normalized spacial score (nSPS) is 10.8. The van der Waals surface area contributed by atoms with Crippen molar-refractivity contribution in [1.29, 1.82) is 0 Å². The molecular formula is C14H18N2O. The van der Waals surface area contributed by atoms with Gasteiger partial charge in [0.05, 0.1) is 0 Å². The highest BCUT2D eigenvalue weighted by atomic mass is 16.3. The van der Waals surface area contributed by atoms with E-state index in [0.29, 0.717) is 6.42 Å². The summed E-state index contributed by atoms with van der Waals surface area (Å²) in [6, 6.07) is 4.33. The Labute approximate surface area is 102 Å². The monoisotopic (exact) mass is 230 g/mol. The van der Waals surface area contributed by atoms with E-state index in [-0.39, 0.29) is 6.61 Å². The van der Waals surface area contributed by atoms with Crippen LogP contribution in [0.5, 0.6) is 0 Å². The van der Waals surface area contributed by atoms with Gasteiger partial charge in [0.2, 0.25) is 0 Å². The fourth-order valence-electron chi connectivity index (χ4n) is 2.29. The zero-order chi connectivity index (χ0) is 12.4. The molecule has 0 saturated carbocycles. The van der Waals surface area contributed by atoms with Crippen molar-refractivity contribution in [2.75, 3.05) is 6.61 Å². The summed E-state index contributed by atoms with van der Waals surface area (Å²) < 4.78 is 0. The molecule has 17 heavy (non-hydrogen) atoms. The molecule has 0 radical (unpaired) electrons. The average Bonchev–Trinajstić information content (AvgIpc) is 2.65. The molecule has 0 aliphatic carbocycles. The van der Waals surface area contributed by atoms with Crippen molar-refractivity contribution in [1.82, 2.24) is 9.97 Å². The number of rotatable bonds is 3. The summed E-state index contributed by atoms with van der Waals surface area (Å²) >= 11 is 0. The van der Waals surface area contributed by atoms with Gasteiger partial charge < -0.3 is 10.1 Å². The van der Waals surface area contributed by atoms with Gasteiger partial charge in [0.1, 0.15) is 5.82 Å². The maximum Gasteiger partial charge on any atom is 0.138 e. The topological polar surface area (TPSA) is 48.9 Å². The summed E-state index contributed by atoms with van der Waals surface area (Å²) in [5, 5.41) is 8.90. The van der Waals surface area contributed by atoms with Gasteiger partial charge >= 0.3 is 0 Å². The van der Waals surface area contributed by atoms with Gasteiger partial charge in [-0.2, -0.15) is 0 Å². The third-order valence-electron chi connectivity index (χ3n) is 2.92. The molecular weight excluding hydrogens is 212 g/mol. The first kappa shape index (κ1) is 11.9. The largest absolute Gasteiger partial charge is 0.396 e. The maximum absolute atomic E-state index is 8.90. The van der Waals surface area contributed by atoms with E-state index in [4.69, 9.17) is 5.11 Å². The number of hydrogen-bond donors (Lipinski definition) is 2. The number of hydrogen-bond acceptors (Lipinski definition) is 2. The molecule has 0 saturated heterocycles. The van der Waals surface area contributed by atoms with Gasteiger partial charge in [-0.1, -0.05) is 17.7 Å². The van der Waals surface area contributed by atoms with E-state index in [1.807, 2.05) is 0 Å². The van der Waals surface area contributed by atoms with Gasteiger partial charge in [-0.3, -0.25) is 0 Å². The van der Waals surface area contributed by atoms with E-state index in [1.165, 1.54) is 22.3 Å². The van der Waals surface area contributed by atoms with Crippen molar-refractivity contribution >= 4 is 0 Å². The Hall–Kier alpha value is -1.61. The van der Waals surface area contributed by atoms with Gasteiger partial charge in [0, 0.05) is 30.5 Å². The molecule has 0 aliphatic heterocycles. The number of aryl methyl sites for hydroxylation is 3. The standard InChI is InChI=1S/C14H18N2O/c1-9-6-10(2)13(11(3)7-9)14-15-8-12(16-14)4-5-17/h6-8,17H,4-5H2,1-3H3,(H,15,16). The second-order valence-corrected chi connectivity index (χ2v) is 4.50. The number of aliphatic hydroxyl groups excluding tert-OH is 1. The Morgan fingerprint density at radius 2 is 1.82 bits per heavy atom. The highest BCUT2D eigenvalue weighted by molar-refractivity contribution is 5.65. The van der Waals surface area contributed by atoms with Crippen LogP contribution in [0.15, 0.2) is 18.3 Å². The molecule has 2 N–H and O–H groups in total. The van der Waals surface area contributed by atoms with Crippen molar-refractivity contribution in [3.63, 3.8) is 0 Å². The Morgan fingerprint density at radius 1 is 1.18 bits per heavy atom. The Kier molecular flexibility index (Phi) is 3.29. The molecule has 3 heteroatoms. The molecule has 0 fully saturated rings. The third-order valence-corrected chi connectivity index (χ3v) is 2.92. The number of H-pyrrole nitrogens is 1. The maximum atomic E-state index is 8.90. The summed E-state index contributed by atoms with van der Waals surface area (Å²) in [6.45, 7) is 6.45. The molecule has 90 valence electrons. The first-order valence-corrected chi connectivity index (χ1v) is 5.84. The molecule has 0 aliphatic rings. The molecule has 0 amide bonds. The first-order valence-electron chi connectivity index (χ1n) is 5.84. The zero-order valence-electron chi connectivity index (χ0n) is 10.5. The third kappa shape index (κ3) is 2.39. The van der Waals surface area contributed by atoms with Crippen molar-refractivity contribution in [2.45, 2.75) is 27.2 Å². The number of imidazole rings is 1. The number of nitrogens with zero attached hydrogens (tertiary/aromatic N) is 1. The Morgan fingerprint density at radius 3 is 2.41 bits per heavy atom. The summed E-state index contributed by atoms with van der Waals surface area (Å²) in [7, 11) is 0. The second-order valence-electron chi connectivity index (χ2n) is 4.50. The van der Waals surface area contributed by atoms with Gasteiger partial charge in [-0.05, 0) is 31.9 Å². The predicted molar refractivity (Wildman–Crippen MR) is 69.0 cm³/mol. The van der Waals surface area contributed by atoms with E-state index < -0.39 is 0 Å². The van der Waals surface area contributed by atoms with E-state index in [1.54, 1.807) is 6.20 Å². The molecule has 0 bridgehead atoms. The van der Waals surface area contributed by atoms with Crippen LogP contribution in [0.3, 0.4) is 0 Å². The molecule has 2 rings (SSSR count). The summed E-state index contributed by atoms with van der Waals surface area (Å²) in [6.07, 6.45) is 2.42. The molecule has 2 aromatic rings. The molecule has 0 spiro atoms. The van der Waals surface area contributed by atoms with Crippen LogP contribution >= 0.6 is 0 Å². The minimum absolute atomic E-state index is 0.146. The van der Waals surface area contributed by atoms with Crippen LogP contribution in [0.25, 0.3) is 11.4 Å². The van der Waals surface area contributed by atoms with Gasteiger partial charge in [0.15, 0.2) is 0 Å². The van der Waals surface area contributed by atoms with Crippen molar-refractivity contribution in [3.05, 3.63) is 40.7 Å². The minimum Gasteiger partial charge on any atom is -0.396 e. The van der Waals surface area contributed by atoms with Crippen molar-refractivity contribution < 1.29 is 5.11 Å². The van der Waals surface area contributed by atoms with Gasteiger partial charge in [0.25, 0.3) is 0 Å². The minimum atomic E-state index is 0.146. The number of nitrogens with one attached hydrogen (secondary N) is 1. The molecule has 0 atom stereocenters. The number of aliphatic hydroxyl groups is 1. The summed E-state index contributed by atoms with van der Waals surface area (Å²) in [5.41, 5.74) is 5.87. The van der Waals surface area contributed by atoms with Crippen LogP contribution in [0.4, 0.5) is 0 Å². The van der Waals surface area contributed by atoms with Crippen LogP contribution in [0.1, 0.15) is 22.4 Å². The Balaban J connectivity index is 2.45. The van der Waals surface area contributed by atoms with E-state index in [2.05, 4.69) is 42.9 Å². The molecule has 3 nitrogen and oxygen atoms in total.